The summed E-state index contributed by atoms with van der Waals surface area (Å²) < 4.78 is 11.7. The van der Waals surface area contributed by atoms with E-state index in [1.54, 1.807) is 12.1 Å². The molecule has 0 saturated carbocycles. The van der Waals surface area contributed by atoms with Crippen molar-refractivity contribution < 1.29 is 14.3 Å². The third kappa shape index (κ3) is 6.49. The first-order chi connectivity index (χ1) is 15.5. The van der Waals surface area contributed by atoms with Crippen molar-refractivity contribution in [2.75, 3.05) is 11.9 Å². The summed E-state index contributed by atoms with van der Waals surface area (Å²) in [6.07, 6.45) is 1.50. The van der Waals surface area contributed by atoms with Crippen LogP contribution in [-0.4, -0.2) is 18.9 Å². The average Bonchev–Trinajstić information content (AvgIpc) is 2.76. The zero-order valence-electron chi connectivity index (χ0n) is 18.3. The van der Waals surface area contributed by atoms with Crippen molar-refractivity contribution in [3.63, 3.8) is 0 Å². The van der Waals surface area contributed by atoms with Crippen LogP contribution < -0.4 is 20.2 Å². The Morgan fingerprint density at radius 1 is 1.06 bits per heavy atom. The van der Waals surface area contributed by atoms with Crippen LogP contribution in [0, 0.1) is 13.8 Å². The van der Waals surface area contributed by atoms with Gasteiger partial charge in [-0.3, -0.25) is 0 Å². The normalized spacial score (nSPS) is 10.8. The molecule has 0 bridgehead atoms. The van der Waals surface area contributed by atoms with Crippen LogP contribution in [0.4, 0.5) is 10.5 Å². The topological polar surface area (TPSA) is 72.0 Å². The van der Waals surface area contributed by atoms with Crippen molar-refractivity contribution in [3.8, 4) is 11.5 Å². The lowest BCUT2D eigenvalue weighted by Crippen LogP contribution is -2.24. The molecule has 32 heavy (non-hydrogen) atoms. The maximum atomic E-state index is 12.1. The minimum Gasteiger partial charge on any atom is -0.490 e. The Balaban J connectivity index is 1.67. The van der Waals surface area contributed by atoms with E-state index >= 15 is 0 Å². The van der Waals surface area contributed by atoms with E-state index in [0.717, 1.165) is 16.8 Å². The summed E-state index contributed by atoms with van der Waals surface area (Å²) in [6, 6.07) is 18.6. The molecule has 0 heterocycles. The van der Waals surface area contributed by atoms with E-state index in [2.05, 4.69) is 15.8 Å². The van der Waals surface area contributed by atoms with Crippen LogP contribution in [0.1, 0.15) is 29.2 Å². The molecule has 166 valence electrons. The van der Waals surface area contributed by atoms with Gasteiger partial charge in [0.05, 0.1) is 17.8 Å². The fraction of sp³-hybridized carbons (Fsp3) is 0.200. The Morgan fingerprint density at radius 2 is 1.81 bits per heavy atom. The first-order valence-electron chi connectivity index (χ1n) is 10.3. The van der Waals surface area contributed by atoms with Gasteiger partial charge < -0.3 is 14.8 Å². The lowest BCUT2D eigenvalue weighted by molar-refractivity contribution is 0.252. The number of benzene rings is 3. The lowest BCUT2D eigenvalue weighted by Gasteiger charge is -2.14. The number of ether oxygens (including phenoxy) is 2. The van der Waals surface area contributed by atoms with Crippen molar-refractivity contribution in [3.05, 3.63) is 87.9 Å². The molecule has 2 amide bonds. The number of halogens is 1. The number of carbonyl (C=O) groups is 1. The number of nitrogens with zero attached hydrogens (tertiary/aromatic N) is 1. The van der Waals surface area contributed by atoms with E-state index in [9.17, 15) is 4.79 Å². The van der Waals surface area contributed by atoms with Crippen molar-refractivity contribution >= 4 is 29.5 Å². The van der Waals surface area contributed by atoms with Gasteiger partial charge >= 0.3 is 6.03 Å². The molecule has 0 unspecified atom stereocenters. The van der Waals surface area contributed by atoms with Crippen molar-refractivity contribution in [2.24, 2.45) is 5.10 Å². The summed E-state index contributed by atoms with van der Waals surface area (Å²) in [5.74, 6) is 0.981. The van der Waals surface area contributed by atoms with Gasteiger partial charge in [0, 0.05) is 5.69 Å². The quantitative estimate of drug-likeness (QED) is 0.321. The third-order valence-corrected chi connectivity index (χ3v) is 4.89. The monoisotopic (exact) mass is 451 g/mol. The highest BCUT2D eigenvalue weighted by Crippen LogP contribution is 2.37. The Morgan fingerprint density at radius 3 is 2.53 bits per heavy atom. The second kappa shape index (κ2) is 11.2. The van der Waals surface area contributed by atoms with Crippen LogP contribution in [0.15, 0.2) is 65.8 Å². The molecule has 3 aromatic carbocycles. The van der Waals surface area contributed by atoms with Crippen LogP contribution in [0.3, 0.4) is 0 Å². The standard InChI is InChI=1S/C25H26ClN3O3/c1-4-31-23-14-20(15-27-29-25(30)28-22-8-6-5-7-18(22)3)13-21(26)24(23)32-16-19-11-9-17(2)10-12-19/h5-15H,4,16H2,1-3H3,(H2,28,29,30). The Hall–Kier alpha value is -3.51. The first kappa shape index (κ1) is 23.2. The molecule has 0 aliphatic rings. The van der Waals surface area contributed by atoms with Gasteiger partial charge in [0.15, 0.2) is 11.5 Å². The fourth-order valence-electron chi connectivity index (χ4n) is 2.93. The summed E-state index contributed by atoms with van der Waals surface area (Å²) >= 11 is 6.46. The van der Waals surface area contributed by atoms with E-state index in [4.69, 9.17) is 21.1 Å². The third-order valence-electron chi connectivity index (χ3n) is 4.61. The number of anilines is 1. The number of rotatable bonds is 8. The van der Waals surface area contributed by atoms with Crippen molar-refractivity contribution in [1.29, 1.82) is 0 Å². The SMILES string of the molecule is CCOc1cc(C=NNC(=O)Nc2ccccc2C)cc(Cl)c1OCc1ccc(C)cc1. The van der Waals surface area contributed by atoms with Crippen molar-refractivity contribution in [2.45, 2.75) is 27.4 Å². The smallest absolute Gasteiger partial charge is 0.339 e. The van der Waals surface area contributed by atoms with Gasteiger partial charge in [0.2, 0.25) is 0 Å². The number of para-hydroxylation sites is 1. The molecular weight excluding hydrogens is 426 g/mol. The predicted octanol–water partition coefficient (Wildman–Crippen LogP) is 6.09. The molecule has 7 heteroatoms. The number of carbonyl (C=O) groups excluding carboxylic acids is 1. The molecule has 0 spiro atoms. The Labute approximate surface area is 193 Å². The second-order valence-electron chi connectivity index (χ2n) is 7.18. The van der Waals surface area contributed by atoms with E-state index < -0.39 is 6.03 Å². The van der Waals surface area contributed by atoms with E-state index in [-0.39, 0.29) is 0 Å². The number of hydrazone groups is 1. The maximum Gasteiger partial charge on any atom is 0.339 e. The molecule has 0 aliphatic carbocycles. The molecule has 3 aromatic rings. The minimum absolute atomic E-state index is 0.369. The number of aryl methyl sites for hydroxylation is 2. The average molecular weight is 452 g/mol. The lowest BCUT2D eigenvalue weighted by atomic mass is 10.1. The van der Waals surface area contributed by atoms with Crippen LogP contribution >= 0.6 is 11.6 Å². The predicted molar refractivity (Wildman–Crippen MR) is 129 cm³/mol. The largest absolute Gasteiger partial charge is 0.490 e. The molecule has 6 nitrogen and oxygen atoms in total. The molecule has 0 atom stereocenters. The van der Waals surface area contributed by atoms with Gasteiger partial charge in [-0.1, -0.05) is 59.6 Å². The Bertz CT molecular complexity index is 1100. The molecule has 0 fully saturated rings. The number of hydrogen-bond donors (Lipinski definition) is 2. The Kier molecular flexibility index (Phi) is 8.11. The minimum atomic E-state index is -0.440. The molecule has 3 rings (SSSR count). The van der Waals surface area contributed by atoms with Crippen molar-refractivity contribution in [1.82, 2.24) is 5.43 Å². The highest BCUT2D eigenvalue weighted by molar-refractivity contribution is 6.32. The molecule has 0 saturated heterocycles. The van der Waals surface area contributed by atoms with Crippen LogP contribution in [0.25, 0.3) is 0 Å². The van der Waals surface area contributed by atoms with Gasteiger partial charge in [-0.25, -0.2) is 10.2 Å². The number of hydrogen-bond acceptors (Lipinski definition) is 4. The second-order valence-corrected chi connectivity index (χ2v) is 7.58. The molecular formula is C25H26ClN3O3. The van der Waals surface area contributed by atoms with Gasteiger partial charge in [-0.2, -0.15) is 5.10 Å². The van der Waals surface area contributed by atoms with Gasteiger partial charge in [0.1, 0.15) is 6.61 Å². The highest BCUT2D eigenvalue weighted by atomic mass is 35.5. The first-order valence-corrected chi connectivity index (χ1v) is 10.6. The molecule has 0 radical (unpaired) electrons. The molecule has 2 N–H and O–H groups in total. The summed E-state index contributed by atoms with van der Waals surface area (Å²) in [5, 5.41) is 7.15. The van der Waals surface area contributed by atoms with Gasteiger partial charge in [0.25, 0.3) is 0 Å². The summed E-state index contributed by atoms with van der Waals surface area (Å²) in [7, 11) is 0. The summed E-state index contributed by atoms with van der Waals surface area (Å²) in [5.41, 5.74) is 7.01. The van der Waals surface area contributed by atoms with E-state index in [0.29, 0.717) is 35.3 Å². The summed E-state index contributed by atoms with van der Waals surface area (Å²) in [4.78, 5) is 12.1. The van der Waals surface area contributed by atoms with Gasteiger partial charge in [-0.05, 0) is 55.7 Å². The summed E-state index contributed by atoms with van der Waals surface area (Å²) in [6.45, 7) is 6.66. The molecule has 0 aliphatic heterocycles. The zero-order chi connectivity index (χ0) is 22.9. The zero-order valence-corrected chi connectivity index (χ0v) is 19.1. The van der Waals surface area contributed by atoms with Crippen LogP contribution in [0.2, 0.25) is 5.02 Å². The van der Waals surface area contributed by atoms with E-state index in [1.807, 2.05) is 69.3 Å². The molecule has 0 aromatic heterocycles. The van der Waals surface area contributed by atoms with Crippen LogP contribution in [0.5, 0.6) is 11.5 Å². The number of nitrogens with one attached hydrogen (secondary N) is 2. The van der Waals surface area contributed by atoms with E-state index in [1.165, 1.54) is 11.8 Å². The number of urea groups is 1. The fourth-order valence-corrected chi connectivity index (χ4v) is 3.21. The highest BCUT2D eigenvalue weighted by Gasteiger charge is 2.13. The van der Waals surface area contributed by atoms with Crippen LogP contribution in [-0.2, 0) is 6.61 Å². The number of amides is 2. The maximum absolute atomic E-state index is 12.1. The van der Waals surface area contributed by atoms with Gasteiger partial charge in [-0.15, -0.1) is 0 Å².